The third-order valence-electron chi connectivity index (χ3n) is 3.33. The van der Waals surface area contributed by atoms with Crippen LogP contribution >= 0.6 is 11.3 Å². The van der Waals surface area contributed by atoms with E-state index in [1.54, 1.807) is 11.3 Å². The van der Waals surface area contributed by atoms with Crippen LogP contribution in [0.2, 0.25) is 0 Å². The van der Waals surface area contributed by atoms with E-state index in [2.05, 4.69) is 25.3 Å². The third-order valence-corrected chi connectivity index (χ3v) is 4.54. The first-order chi connectivity index (χ1) is 7.65. The van der Waals surface area contributed by atoms with E-state index in [1.165, 1.54) is 5.56 Å². The van der Waals surface area contributed by atoms with Gasteiger partial charge in [0.1, 0.15) is 5.60 Å². The summed E-state index contributed by atoms with van der Waals surface area (Å²) in [5.41, 5.74) is 0.570. The molecule has 1 N–H and O–H groups in total. The molecule has 16 heavy (non-hydrogen) atoms. The Morgan fingerprint density at radius 1 is 1.62 bits per heavy atom. The Balaban J connectivity index is 2.15. The Morgan fingerprint density at radius 2 is 2.44 bits per heavy atom. The van der Waals surface area contributed by atoms with Crippen LogP contribution in [0, 0.1) is 6.92 Å². The van der Waals surface area contributed by atoms with Crippen LogP contribution in [0.15, 0.2) is 11.4 Å². The summed E-state index contributed by atoms with van der Waals surface area (Å²) in [6, 6.07) is 2.09. The highest BCUT2D eigenvalue weighted by Gasteiger charge is 2.38. The van der Waals surface area contributed by atoms with Crippen LogP contribution in [0.3, 0.4) is 0 Å². The topological polar surface area (TPSA) is 29.5 Å². The zero-order chi connectivity index (χ0) is 11.6. The molecule has 2 nitrogen and oxygen atoms in total. The first-order valence-corrected chi connectivity index (χ1v) is 6.92. The van der Waals surface area contributed by atoms with Gasteiger partial charge in [-0.1, -0.05) is 13.3 Å². The predicted octanol–water partition coefficient (Wildman–Crippen LogP) is 3.22. The second-order valence-corrected chi connectivity index (χ2v) is 5.62. The lowest BCUT2D eigenvalue weighted by atomic mass is 9.86. The lowest BCUT2D eigenvalue weighted by Crippen LogP contribution is -2.38. The van der Waals surface area contributed by atoms with Crippen LogP contribution in [-0.4, -0.2) is 17.8 Å². The third kappa shape index (κ3) is 2.31. The average molecular weight is 240 g/mol. The fourth-order valence-corrected chi connectivity index (χ4v) is 3.56. The summed E-state index contributed by atoms with van der Waals surface area (Å²) in [5.74, 6) is 0. The molecule has 1 aliphatic heterocycles. The largest absolute Gasteiger partial charge is 0.384 e. The first kappa shape index (κ1) is 12.1. The van der Waals surface area contributed by atoms with Gasteiger partial charge in [-0.25, -0.2) is 0 Å². The quantitative estimate of drug-likeness (QED) is 0.879. The van der Waals surface area contributed by atoms with Gasteiger partial charge >= 0.3 is 0 Å². The molecular weight excluding hydrogens is 220 g/mol. The van der Waals surface area contributed by atoms with E-state index in [4.69, 9.17) is 4.74 Å². The molecule has 0 bridgehead atoms. The second-order valence-electron chi connectivity index (χ2n) is 4.70. The molecule has 2 heterocycles. The summed E-state index contributed by atoms with van der Waals surface area (Å²) in [4.78, 5) is 1.14. The van der Waals surface area contributed by atoms with Crippen LogP contribution in [0.4, 0.5) is 0 Å². The van der Waals surface area contributed by atoms with Crippen LogP contribution in [0.25, 0.3) is 0 Å². The van der Waals surface area contributed by atoms with Crippen molar-refractivity contribution in [1.29, 1.82) is 0 Å². The molecule has 0 amide bonds. The molecule has 0 radical (unpaired) electrons. The maximum absolute atomic E-state index is 10.7. The Hall–Kier alpha value is -0.380. The predicted molar refractivity (Wildman–Crippen MR) is 66.8 cm³/mol. The van der Waals surface area contributed by atoms with Crippen molar-refractivity contribution in [3.8, 4) is 0 Å². The molecule has 0 aromatic carbocycles. The van der Waals surface area contributed by atoms with Gasteiger partial charge in [-0.15, -0.1) is 11.3 Å². The molecule has 1 aromatic heterocycles. The molecule has 1 fully saturated rings. The fourth-order valence-electron chi connectivity index (χ4n) is 2.50. The normalized spacial score (nSPS) is 30.6. The Morgan fingerprint density at radius 3 is 3.06 bits per heavy atom. The molecular formula is C13H20O2S. The van der Waals surface area contributed by atoms with Crippen molar-refractivity contribution in [2.24, 2.45) is 0 Å². The highest BCUT2D eigenvalue weighted by atomic mass is 32.1. The zero-order valence-corrected chi connectivity index (χ0v) is 10.8. The molecule has 90 valence electrons. The van der Waals surface area contributed by atoms with Gasteiger partial charge in [0.2, 0.25) is 0 Å². The van der Waals surface area contributed by atoms with E-state index in [1.807, 2.05) is 0 Å². The van der Waals surface area contributed by atoms with Gasteiger partial charge in [0.15, 0.2) is 0 Å². The lowest BCUT2D eigenvalue weighted by molar-refractivity contribution is -0.108. The van der Waals surface area contributed by atoms with Crippen LogP contribution in [0.5, 0.6) is 0 Å². The molecule has 0 aliphatic carbocycles. The second kappa shape index (κ2) is 4.86. The summed E-state index contributed by atoms with van der Waals surface area (Å²) >= 11 is 1.67. The number of hydrogen-bond donors (Lipinski definition) is 1. The minimum atomic E-state index is -0.643. The highest BCUT2D eigenvalue weighted by Crippen LogP contribution is 2.39. The summed E-state index contributed by atoms with van der Waals surface area (Å²) < 4.78 is 5.70. The van der Waals surface area contributed by atoms with Gasteiger partial charge in [-0.05, 0) is 30.4 Å². The van der Waals surface area contributed by atoms with Gasteiger partial charge in [-0.2, -0.15) is 0 Å². The van der Waals surface area contributed by atoms with Crippen molar-refractivity contribution >= 4 is 11.3 Å². The van der Waals surface area contributed by atoms with Crippen molar-refractivity contribution in [2.45, 2.75) is 51.2 Å². The van der Waals surface area contributed by atoms with Crippen molar-refractivity contribution in [1.82, 2.24) is 0 Å². The van der Waals surface area contributed by atoms with Crippen LogP contribution in [-0.2, 0) is 10.3 Å². The van der Waals surface area contributed by atoms with Crippen molar-refractivity contribution in [3.63, 3.8) is 0 Å². The van der Waals surface area contributed by atoms with Gasteiger partial charge in [0.25, 0.3) is 0 Å². The van der Waals surface area contributed by atoms with Gasteiger partial charge < -0.3 is 9.84 Å². The summed E-state index contributed by atoms with van der Waals surface area (Å²) in [7, 11) is 0. The average Bonchev–Trinajstić information content (AvgIpc) is 2.66. The minimum absolute atomic E-state index is 0.227. The van der Waals surface area contributed by atoms with Gasteiger partial charge in [0, 0.05) is 17.7 Å². The minimum Gasteiger partial charge on any atom is -0.384 e. The number of rotatable bonds is 3. The van der Waals surface area contributed by atoms with E-state index in [9.17, 15) is 5.11 Å². The monoisotopic (exact) mass is 240 g/mol. The molecule has 0 spiro atoms. The van der Waals surface area contributed by atoms with Crippen LogP contribution in [0.1, 0.15) is 43.0 Å². The van der Waals surface area contributed by atoms with E-state index >= 15 is 0 Å². The number of ether oxygens (including phenoxy) is 1. The Labute approximate surface area is 101 Å². The molecule has 2 rings (SSSR count). The standard InChI is InChI=1S/C13H20O2S/c1-3-4-11-9-13(14,6-7-15-11)12-10(2)5-8-16-12/h5,8,11,14H,3-4,6-7,9H2,1-2H3. The van der Waals surface area contributed by atoms with E-state index in [-0.39, 0.29) is 6.10 Å². The van der Waals surface area contributed by atoms with E-state index < -0.39 is 5.60 Å². The highest BCUT2D eigenvalue weighted by molar-refractivity contribution is 7.10. The maximum atomic E-state index is 10.7. The summed E-state index contributed by atoms with van der Waals surface area (Å²) in [5, 5.41) is 12.8. The van der Waals surface area contributed by atoms with Gasteiger partial charge in [-0.3, -0.25) is 0 Å². The lowest BCUT2D eigenvalue weighted by Gasteiger charge is -2.36. The fraction of sp³-hybridized carbons (Fsp3) is 0.692. The number of aliphatic hydroxyl groups is 1. The first-order valence-electron chi connectivity index (χ1n) is 6.04. The molecule has 2 unspecified atom stereocenters. The van der Waals surface area contributed by atoms with Crippen molar-refractivity contribution in [2.75, 3.05) is 6.61 Å². The zero-order valence-electron chi connectivity index (χ0n) is 10.0. The van der Waals surface area contributed by atoms with E-state index in [0.29, 0.717) is 6.61 Å². The molecule has 1 aliphatic rings. The molecule has 2 atom stereocenters. The Kier molecular flexibility index (Phi) is 3.67. The molecule has 1 saturated heterocycles. The van der Waals surface area contributed by atoms with Crippen LogP contribution < -0.4 is 0 Å². The SMILES string of the molecule is CCCC1CC(O)(c2sccc2C)CCO1. The smallest absolute Gasteiger partial charge is 0.104 e. The van der Waals surface area contributed by atoms with Gasteiger partial charge in [0.05, 0.1) is 12.7 Å². The van der Waals surface area contributed by atoms with Crippen molar-refractivity contribution < 1.29 is 9.84 Å². The summed E-state index contributed by atoms with van der Waals surface area (Å²) in [6.45, 7) is 4.92. The molecule has 1 aromatic rings. The number of hydrogen-bond acceptors (Lipinski definition) is 3. The molecule has 0 saturated carbocycles. The Bertz CT molecular complexity index is 345. The maximum Gasteiger partial charge on any atom is 0.104 e. The molecule has 3 heteroatoms. The number of thiophene rings is 1. The number of aryl methyl sites for hydroxylation is 1. The van der Waals surface area contributed by atoms with Crippen molar-refractivity contribution in [3.05, 3.63) is 21.9 Å². The summed E-state index contributed by atoms with van der Waals surface area (Å²) in [6.07, 6.45) is 3.87. The van der Waals surface area contributed by atoms with E-state index in [0.717, 1.165) is 30.6 Å².